The highest BCUT2D eigenvalue weighted by molar-refractivity contribution is 5.74. The maximum Gasteiger partial charge on any atom is 0.317 e. The zero-order valence-corrected chi connectivity index (χ0v) is 14.6. The van der Waals surface area contributed by atoms with Crippen molar-refractivity contribution >= 4 is 6.03 Å². The number of pyridine rings is 2. The third-order valence-corrected chi connectivity index (χ3v) is 3.87. The molecule has 0 saturated heterocycles. The second-order valence-corrected chi connectivity index (χ2v) is 6.41. The van der Waals surface area contributed by atoms with Crippen LogP contribution in [0.5, 0.6) is 0 Å². The average Bonchev–Trinajstić information content (AvgIpc) is 2.60. The van der Waals surface area contributed by atoms with Crippen molar-refractivity contribution in [2.45, 2.75) is 32.7 Å². The molecular formula is C19H26N4O. The van der Waals surface area contributed by atoms with Gasteiger partial charge in [0.05, 0.1) is 6.04 Å². The summed E-state index contributed by atoms with van der Waals surface area (Å²) in [4.78, 5) is 22.7. The molecule has 0 unspecified atom stereocenters. The van der Waals surface area contributed by atoms with Crippen LogP contribution in [-0.2, 0) is 6.42 Å². The average molecular weight is 326 g/mol. The van der Waals surface area contributed by atoms with Gasteiger partial charge in [-0.3, -0.25) is 9.97 Å². The van der Waals surface area contributed by atoms with Gasteiger partial charge in [-0.15, -0.1) is 0 Å². The number of carbonyl (C=O) groups is 1. The number of amides is 2. The molecule has 0 radical (unpaired) electrons. The lowest BCUT2D eigenvalue weighted by Gasteiger charge is -2.25. The molecule has 24 heavy (non-hydrogen) atoms. The Bertz CT molecular complexity index is 616. The molecule has 0 aliphatic rings. The molecule has 2 heterocycles. The van der Waals surface area contributed by atoms with Crippen LogP contribution in [0.3, 0.4) is 0 Å². The normalized spacial score (nSPS) is 12.0. The molecule has 2 aromatic rings. The van der Waals surface area contributed by atoms with Gasteiger partial charge >= 0.3 is 6.03 Å². The molecule has 0 saturated carbocycles. The summed E-state index contributed by atoms with van der Waals surface area (Å²) in [7, 11) is 1.81. The summed E-state index contributed by atoms with van der Waals surface area (Å²) < 4.78 is 0. The zero-order valence-electron chi connectivity index (χ0n) is 14.6. The maximum atomic E-state index is 12.5. The monoisotopic (exact) mass is 326 g/mol. The Morgan fingerprint density at radius 3 is 2.67 bits per heavy atom. The molecule has 2 amide bonds. The van der Waals surface area contributed by atoms with E-state index in [-0.39, 0.29) is 12.1 Å². The van der Waals surface area contributed by atoms with Crippen LogP contribution in [0.1, 0.15) is 37.6 Å². The summed E-state index contributed by atoms with van der Waals surface area (Å²) in [5, 5.41) is 3.13. The quantitative estimate of drug-likeness (QED) is 0.848. The number of urea groups is 1. The largest absolute Gasteiger partial charge is 0.331 e. The fourth-order valence-corrected chi connectivity index (χ4v) is 2.52. The minimum atomic E-state index is -0.0690. The van der Waals surface area contributed by atoms with Crippen molar-refractivity contribution in [3.05, 3.63) is 60.2 Å². The Labute approximate surface area is 144 Å². The van der Waals surface area contributed by atoms with Gasteiger partial charge in [-0.1, -0.05) is 26.0 Å². The highest BCUT2D eigenvalue weighted by atomic mass is 16.2. The lowest BCUT2D eigenvalue weighted by Crippen LogP contribution is -2.40. The van der Waals surface area contributed by atoms with Crippen LogP contribution >= 0.6 is 0 Å². The number of aromatic nitrogens is 2. The number of hydrogen-bond acceptors (Lipinski definition) is 3. The van der Waals surface area contributed by atoms with Crippen molar-refractivity contribution in [3.63, 3.8) is 0 Å². The molecule has 128 valence electrons. The summed E-state index contributed by atoms with van der Waals surface area (Å²) >= 11 is 0. The van der Waals surface area contributed by atoms with Crippen molar-refractivity contribution < 1.29 is 4.79 Å². The van der Waals surface area contributed by atoms with E-state index in [0.29, 0.717) is 12.5 Å². The van der Waals surface area contributed by atoms with E-state index in [0.717, 1.165) is 24.1 Å². The first-order valence-electron chi connectivity index (χ1n) is 8.37. The topological polar surface area (TPSA) is 58.1 Å². The SMILES string of the molecule is CC(C)C[C@H](NC(=O)N(C)CCc1ccccn1)c1cccnc1. The number of likely N-dealkylation sites (N-methyl/N-ethyl adjacent to an activating group) is 1. The second kappa shape index (κ2) is 9.01. The van der Waals surface area contributed by atoms with Crippen molar-refractivity contribution in [3.8, 4) is 0 Å². The van der Waals surface area contributed by atoms with Gasteiger partial charge in [0.15, 0.2) is 0 Å². The minimum Gasteiger partial charge on any atom is -0.331 e. The molecule has 0 spiro atoms. The van der Waals surface area contributed by atoms with E-state index in [9.17, 15) is 4.79 Å². The van der Waals surface area contributed by atoms with Crippen LogP contribution in [0.4, 0.5) is 4.79 Å². The molecule has 0 aliphatic carbocycles. The summed E-state index contributed by atoms with van der Waals surface area (Å²) in [6.45, 7) is 4.94. The highest BCUT2D eigenvalue weighted by Crippen LogP contribution is 2.20. The van der Waals surface area contributed by atoms with Gasteiger partial charge in [0.1, 0.15) is 0 Å². The first-order chi connectivity index (χ1) is 11.6. The van der Waals surface area contributed by atoms with Gasteiger partial charge in [-0.25, -0.2) is 4.79 Å². The van der Waals surface area contributed by atoms with E-state index in [1.807, 2.05) is 43.6 Å². The lowest BCUT2D eigenvalue weighted by molar-refractivity contribution is 0.203. The van der Waals surface area contributed by atoms with Gasteiger partial charge in [-0.2, -0.15) is 0 Å². The number of carbonyl (C=O) groups excluding carboxylic acids is 1. The summed E-state index contributed by atoms with van der Waals surface area (Å²) in [5.41, 5.74) is 2.03. The van der Waals surface area contributed by atoms with Crippen molar-refractivity contribution in [2.75, 3.05) is 13.6 Å². The predicted molar refractivity (Wildman–Crippen MR) is 95.5 cm³/mol. The van der Waals surface area contributed by atoms with Crippen molar-refractivity contribution in [1.29, 1.82) is 0 Å². The van der Waals surface area contributed by atoms with Gasteiger partial charge in [0.2, 0.25) is 0 Å². The molecule has 0 fully saturated rings. The third-order valence-electron chi connectivity index (χ3n) is 3.87. The van der Waals surface area contributed by atoms with Gasteiger partial charge < -0.3 is 10.2 Å². The van der Waals surface area contributed by atoms with Crippen LogP contribution in [0, 0.1) is 5.92 Å². The summed E-state index contributed by atoms with van der Waals surface area (Å²) in [5.74, 6) is 0.481. The second-order valence-electron chi connectivity index (χ2n) is 6.41. The molecular weight excluding hydrogens is 300 g/mol. The highest BCUT2D eigenvalue weighted by Gasteiger charge is 2.18. The molecule has 5 heteroatoms. The lowest BCUT2D eigenvalue weighted by atomic mass is 9.98. The Balaban J connectivity index is 1.93. The molecule has 0 aromatic carbocycles. The Morgan fingerprint density at radius 2 is 2.04 bits per heavy atom. The van der Waals surface area contributed by atoms with Crippen LogP contribution in [0.2, 0.25) is 0 Å². The van der Waals surface area contributed by atoms with Crippen molar-refractivity contribution in [2.24, 2.45) is 5.92 Å². The number of nitrogens with one attached hydrogen (secondary N) is 1. The fraction of sp³-hybridized carbons (Fsp3) is 0.421. The first-order valence-corrected chi connectivity index (χ1v) is 8.37. The van der Waals surface area contributed by atoms with E-state index >= 15 is 0 Å². The van der Waals surface area contributed by atoms with Gasteiger partial charge in [0.25, 0.3) is 0 Å². The van der Waals surface area contributed by atoms with Gasteiger partial charge in [-0.05, 0) is 36.1 Å². The number of rotatable bonds is 7. The van der Waals surface area contributed by atoms with Crippen LogP contribution in [0.25, 0.3) is 0 Å². The predicted octanol–water partition coefficient (Wildman–Crippen LogP) is 3.45. The Hall–Kier alpha value is -2.43. The first kappa shape index (κ1) is 17.9. The molecule has 0 bridgehead atoms. The minimum absolute atomic E-state index is 0.0245. The van der Waals surface area contributed by atoms with Crippen molar-refractivity contribution in [1.82, 2.24) is 20.2 Å². The molecule has 1 atom stereocenters. The van der Waals surface area contributed by atoms with E-state index < -0.39 is 0 Å². The van der Waals surface area contributed by atoms with E-state index in [1.54, 1.807) is 17.3 Å². The molecule has 0 aliphatic heterocycles. The molecule has 5 nitrogen and oxygen atoms in total. The van der Waals surface area contributed by atoms with E-state index in [1.165, 1.54) is 0 Å². The standard InChI is InChI=1S/C19H26N4O/c1-15(2)13-18(16-7-6-10-20-14-16)22-19(24)23(3)12-9-17-8-4-5-11-21-17/h4-8,10-11,14-15,18H,9,12-13H2,1-3H3,(H,22,24)/t18-/m0/s1. The molecule has 1 N–H and O–H groups in total. The van der Waals surface area contributed by atoms with Crippen LogP contribution < -0.4 is 5.32 Å². The van der Waals surface area contributed by atoms with Crippen LogP contribution in [-0.4, -0.2) is 34.5 Å². The van der Waals surface area contributed by atoms with Crippen LogP contribution in [0.15, 0.2) is 48.9 Å². The number of nitrogens with zero attached hydrogens (tertiary/aromatic N) is 3. The summed E-state index contributed by atoms with van der Waals surface area (Å²) in [6, 6.07) is 9.65. The fourth-order valence-electron chi connectivity index (χ4n) is 2.52. The Kier molecular flexibility index (Phi) is 6.73. The van der Waals surface area contributed by atoms with Gasteiger partial charge in [0, 0.05) is 44.3 Å². The molecule has 2 aromatic heterocycles. The molecule has 2 rings (SSSR count). The smallest absolute Gasteiger partial charge is 0.317 e. The maximum absolute atomic E-state index is 12.5. The summed E-state index contributed by atoms with van der Waals surface area (Å²) in [6.07, 6.45) is 6.96. The third kappa shape index (κ3) is 5.65. The van der Waals surface area contributed by atoms with E-state index in [2.05, 4.69) is 29.1 Å². The number of hydrogen-bond donors (Lipinski definition) is 1. The Morgan fingerprint density at radius 1 is 1.21 bits per heavy atom. The zero-order chi connectivity index (χ0) is 17.4. The van der Waals surface area contributed by atoms with E-state index in [4.69, 9.17) is 0 Å².